The first-order chi connectivity index (χ1) is 21.4. The lowest BCUT2D eigenvalue weighted by Gasteiger charge is -2.42. The van der Waals surface area contributed by atoms with Crippen LogP contribution in [0.2, 0.25) is 0 Å². The van der Waals surface area contributed by atoms with Gasteiger partial charge in [0.2, 0.25) is 5.91 Å². The molecule has 1 N–H and O–H groups in total. The number of likely N-dealkylation sites (N-methyl/N-ethyl adjacent to an activating group) is 1. The highest BCUT2D eigenvalue weighted by Gasteiger charge is 2.43. The summed E-state index contributed by atoms with van der Waals surface area (Å²) in [6.45, 7) is 1.99. The molecule has 0 radical (unpaired) electrons. The van der Waals surface area contributed by atoms with Crippen LogP contribution in [0.4, 0.5) is 4.39 Å². The largest absolute Gasteiger partial charge is 0.491 e. The first-order valence-corrected chi connectivity index (χ1v) is 15.0. The lowest BCUT2D eigenvalue weighted by atomic mass is 9.73. The van der Waals surface area contributed by atoms with Gasteiger partial charge in [-0.05, 0) is 68.1 Å². The highest BCUT2D eigenvalue weighted by molar-refractivity contribution is 6.00. The number of benzene rings is 2. The predicted octanol–water partition coefficient (Wildman–Crippen LogP) is 4.21. The third-order valence-corrected chi connectivity index (χ3v) is 8.76. The Bertz CT molecular complexity index is 1680. The molecule has 44 heavy (non-hydrogen) atoms. The molecule has 2 aromatic carbocycles. The summed E-state index contributed by atoms with van der Waals surface area (Å²) in [4.78, 5) is 48.3. The topological polar surface area (TPSA) is 109 Å². The van der Waals surface area contributed by atoms with Gasteiger partial charge < -0.3 is 19.9 Å². The maximum Gasteiger partial charge on any atom is 0.259 e. The van der Waals surface area contributed by atoms with E-state index in [-0.39, 0.29) is 30.1 Å². The number of fused-ring (bicyclic) bond motifs is 2. The molecule has 0 saturated carbocycles. The van der Waals surface area contributed by atoms with E-state index in [0.29, 0.717) is 73.7 Å². The van der Waals surface area contributed by atoms with E-state index < -0.39 is 5.41 Å². The van der Waals surface area contributed by atoms with Gasteiger partial charge in [0.05, 0.1) is 29.4 Å². The van der Waals surface area contributed by atoms with Gasteiger partial charge in [-0.3, -0.25) is 14.4 Å². The number of hydrogen-bond donors (Lipinski definition) is 1. The highest BCUT2D eigenvalue weighted by Crippen LogP contribution is 2.39. The number of likely N-dealkylation sites (tertiary alicyclic amines) is 1. The fourth-order valence-electron chi connectivity index (χ4n) is 6.23. The molecule has 0 unspecified atom stereocenters. The molecule has 2 aliphatic heterocycles. The zero-order valence-electron chi connectivity index (χ0n) is 24.7. The van der Waals surface area contributed by atoms with Crippen LogP contribution in [0.5, 0.6) is 5.75 Å². The number of nitrogens with one attached hydrogen (secondary N) is 1. The Labute approximate surface area is 254 Å². The molecular weight excluding hydrogens is 563 g/mol. The molecule has 0 bridgehead atoms. The average Bonchev–Trinajstić information content (AvgIpc) is 3.49. The summed E-state index contributed by atoms with van der Waals surface area (Å²) in [5.41, 5.74) is 2.14. The second-order valence-electron chi connectivity index (χ2n) is 11.5. The van der Waals surface area contributed by atoms with E-state index in [1.165, 1.54) is 18.3 Å². The molecule has 6 rings (SSSR count). The van der Waals surface area contributed by atoms with Crippen LogP contribution < -0.4 is 10.1 Å². The third kappa shape index (κ3) is 5.73. The molecule has 1 saturated heterocycles. The number of aromatic nitrogens is 3. The number of ether oxygens (including phenoxy) is 1. The van der Waals surface area contributed by atoms with Gasteiger partial charge in [-0.15, -0.1) is 0 Å². The van der Waals surface area contributed by atoms with Crippen LogP contribution in [0.1, 0.15) is 52.8 Å². The Morgan fingerprint density at radius 2 is 1.75 bits per heavy atom. The Morgan fingerprint density at radius 3 is 2.55 bits per heavy atom. The first-order valence-electron chi connectivity index (χ1n) is 15.0. The molecule has 2 aliphatic rings. The third-order valence-electron chi connectivity index (χ3n) is 8.76. The maximum atomic E-state index is 13.9. The average molecular weight is 599 g/mol. The van der Waals surface area contributed by atoms with Crippen LogP contribution in [0, 0.1) is 11.2 Å². The molecule has 228 valence electrons. The molecule has 2 aromatic heterocycles. The van der Waals surface area contributed by atoms with Crippen LogP contribution in [0.25, 0.3) is 16.9 Å². The number of nitrogens with zero attached hydrogens (tertiary/aromatic N) is 5. The van der Waals surface area contributed by atoms with Crippen molar-refractivity contribution < 1.29 is 23.5 Å². The van der Waals surface area contributed by atoms with Crippen molar-refractivity contribution in [3.63, 3.8) is 0 Å². The standard InChI is InChI=1S/C33H35FN6O4/c1-38-20-21-44-28-7-3-2-6-25(28)30(41)36-16-5-4-13-33(32(38)43)14-18-39(19-15-33)31(42)26-22-37-40-27(12-17-35-29(26)40)23-8-10-24(34)11-9-23/h2-3,6-12,17,22H,4-5,13-16,18-21H2,1H3,(H,36,41). The summed E-state index contributed by atoms with van der Waals surface area (Å²) in [5.74, 6) is -0.132. The van der Waals surface area contributed by atoms with Gasteiger partial charge in [0.1, 0.15) is 23.7 Å². The number of amides is 3. The van der Waals surface area contributed by atoms with Crippen LogP contribution in [-0.2, 0) is 4.79 Å². The van der Waals surface area contributed by atoms with Crippen LogP contribution in [0.15, 0.2) is 67.0 Å². The molecule has 4 heterocycles. The van der Waals surface area contributed by atoms with Gasteiger partial charge >= 0.3 is 0 Å². The van der Waals surface area contributed by atoms with Crippen molar-refractivity contribution in [2.24, 2.45) is 5.41 Å². The van der Waals surface area contributed by atoms with E-state index in [1.807, 2.05) is 6.07 Å². The Balaban J connectivity index is 1.17. The molecule has 0 aliphatic carbocycles. The summed E-state index contributed by atoms with van der Waals surface area (Å²) in [7, 11) is 1.79. The maximum absolute atomic E-state index is 13.9. The van der Waals surface area contributed by atoms with E-state index in [4.69, 9.17) is 4.74 Å². The van der Waals surface area contributed by atoms with Crippen molar-refractivity contribution in [2.45, 2.75) is 32.1 Å². The molecule has 0 atom stereocenters. The minimum Gasteiger partial charge on any atom is -0.491 e. The number of para-hydroxylation sites is 1. The van der Waals surface area contributed by atoms with Crippen LogP contribution in [0.3, 0.4) is 0 Å². The zero-order valence-corrected chi connectivity index (χ0v) is 24.7. The summed E-state index contributed by atoms with van der Waals surface area (Å²) in [6, 6.07) is 15.0. The van der Waals surface area contributed by atoms with Gasteiger partial charge in [0.15, 0.2) is 5.65 Å². The summed E-state index contributed by atoms with van der Waals surface area (Å²) in [5, 5.41) is 7.42. The predicted molar refractivity (Wildman–Crippen MR) is 162 cm³/mol. The first kappa shape index (κ1) is 29.3. The normalized spacial score (nSPS) is 18.0. The van der Waals surface area contributed by atoms with Crippen molar-refractivity contribution in [3.8, 4) is 17.0 Å². The molecule has 4 aromatic rings. The second-order valence-corrected chi connectivity index (χ2v) is 11.5. The highest BCUT2D eigenvalue weighted by atomic mass is 19.1. The van der Waals surface area contributed by atoms with Crippen molar-refractivity contribution in [3.05, 3.63) is 83.9 Å². The molecule has 11 heteroatoms. The molecule has 1 spiro atoms. The minimum absolute atomic E-state index is 0.0594. The van der Waals surface area contributed by atoms with Gasteiger partial charge in [-0.2, -0.15) is 5.10 Å². The van der Waals surface area contributed by atoms with Crippen LogP contribution >= 0.6 is 0 Å². The van der Waals surface area contributed by atoms with Crippen molar-refractivity contribution >= 4 is 23.4 Å². The molecule has 10 nitrogen and oxygen atoms in total. The van der Waals surface area contributed by atoms with Crippen molar-refractivity contribution in [2.75, 3.05) is 39.8 Å². The summed E-state index contributed by atoms with van der Waals surface area (Å²) in [6.07, 6.45) is 6.39. The number of carbonyl (C=O) groups excluding carboxylic acids is 3. The van der Waals surface area contributed by atoms with E-state index in [0.717, 1.165) is 18.4 Å². The van der Waals surface area contributed by atoms with Crippen LogP contribution in [-0.4, -0.2) is 82.0 Å². The number of halogens is 1. The quantitative estimate of drug-likeness (QED) is 0.370. The number of hydrogen-bond acceptors (Lipinski definition) is 6. The van der Waals surface area contributed by atoms with Gasteiger partial charge in [-0.25, -0.2) is 13.9 Å². The lowest BCUT2D eigenvalue weighted by Crippen LogP contribution is -2.51. The monoisotopic (exact) mass is 598 g/mol. The number of piperidine rings is 1. The fourth-order valence-corrected chi connectivity index (χ4v) is 6.23. The Hall–Kier alpha value is -4.80. The van der Waals surface area contributed by atoms with E-state index in [1.54, 1.807) is 64.0 Å². The lowest BCUT2D eigenvalue weighted by molar-refractivity contribution is -0.144. The Kier molecular flexibility index (Phi) is 8.28. The molecular formula is C33H35FN6O4. The van der Waals surface area contributed by atoms with E-state index in [9.17, 15) is 18.8 Å². The zero-order chi connectivity index (χ0) is 30.7. The fraction of sp³-hybridized carbons (Fsp3) is 0.364. The van der Waals surface area contributed by atoms with E-state index >= 15 is 0 Å². The Morgan fingerprint density at radius 1 is 0.977 bits per heavy atom. The van der Waals surface area contributed by atoms with Gasteiger partial charge in [-0.1, -0.05) is 18.6 Å². The van der Waals surface area contributed by atoms with Crippen molar-refractivity contribution in [1.29, 1.82) is 0 Å². The summed E-state index contributed by atoms with van der Waals surface area (Å²) < 4.78 is 21.0. The summed E-state index contributed by atoms with van der Waals surface area (Å²) >= 11 is 0. The minimum atomic E-state index is -0.605. The number of carbonyl (C=O) groups is 3. The van der Waals surface area contributed by atoms with Crippen molar-refractivity contribution in [1.82, 2.24) is 29.7 Å². The second kappa shape index (κ2) is 12.4. The SMILES string of the molecule is CN1CCOc2ccccc2C(=O)NCCCCC2(CCN(C(=O)c3cnn4c(-c5ccc(F)cc5)ccnc34)CC2)C1=O. The van der Waals surface area contributed by atoms with E-state index in [2.05, 4.69) is 15.4 Å². The molecule has 1 fully saturated rings. The van der Waals surface area contributed by atoms with Gasteiger partial charge in [0, 0.05) is 38.4 Å². The number of rotatable bonds is 2. The molecule has 3 amide bonds. The smallest absolute Gasteiger partial charge is 0.259 e. The van der Waals surface area contributed by atoms with Gasteiger partial charge in [0.25, 0.3) is 11.8 Å².